The lowest BCUT2D eigenvalue weighted by Gasteiger charge is -2.46. The number of nitrogens with zero attached hydrogens (tertiary/aromatic N) is 7. The van der Waals surface area contributed by atoms with Crippen molar-refractivity contribution in [2.24, 2.45) is 0 Å². The van der Waals surface area contributed by atoms with Gasteiger partial charge in [0, 0.05) is 57.1 Å². The Morgan fingerprint density at radius 1 is 1.06 bits per heavy atom. The largest absolute Gasteiger partial charge is 0.457 e. The molecule has 0 aliphatic carbocycles. The van der Waals surface area contributed by atoms with Crippen LogP contribution in [0.15, 0.2) is 77.2 Å². The second-order valence-corrected chi connectivity index (χ2v) is 13.7. The number of ether oxygens (including phenoxy) is 2. The van der Waals surface area contributed by atoms with Gasteiger partial charge >= 0.3 is 5.69 Å². The number of nitriles is 1. The first-order valence-corrected chi connectivity index (χ1v) is 17.0. The topological polar surface area (TPSA) is 135 Å². The van der Waals surface area contributed by atoms with Crippen molar-refractivity contribution < 1.29 is 18.7 Å². The van der Waals surface area contributed by atoms with Gasteiger partial charge in [0.1, 0.15) is 34.5 Å². The van der Waals surface area contributed by atoms with Crippen molar-refractivity contribution in [2.45, 2.75) is 44.3 Å². The van der Waals surface area contributed by atoms with E-state index in [-0.39, 0.29) is 40.8 Å². The number of nitrogen functional groups attached to an aromatic ring is 1. The van der Waals surface area contributed by atoms with Crippen molar-refractivity contribution in [3.8, 4) is 23.3 Å². The first-order valence-electron chi connectivity index (χ1n) is 17.0. The molecule has 0 bridgehead atoms. The van der Waals surface area contributed by atoms with Crippen LogP contribution in [-0.2, 0) is 9.53 Å². The third kappa shape index (κ3) is 6.37. The van der Waals surface area contributed by atoms with Gasteiger partial charge in [-0.15, -0.1) is 0 Å². The average Bonchev–Trinajstić information content (AvgIpc) is 3.39. The molecule has 2 aromatic heterocycles. The molecule has 0 radical (unpaired) electrons. The number of aromatic nitrogens is 3. The summed E-state index contributed by atoms with van der Waals surface area (Å²) in [5.74, 6) is -0.141. The number of carbonyl (C=O) groups is 1. The van der Waals surface area contributed by atoms with Crippen LogP contribution >= 0.6 is 0 Å². The van der Waals surface area contributed by atoms with E-state index in [1.54, 1.807) is 39.8 Å². The highest BCUT2D eigenvalue weighted by Gasteiger charge is 2.36. The number of fused-ring (bicyclic) bond motifs is 1. The van der Waals surface area contributed by atoms with E-state index >= 15 is 4.39 Å². The lowest BCUT2D eigenvalue weighted by molar-refractivity contribution is -0.128. The highest BCUT2D eigenvalue weighted by atomic mass is 19.1. The molecule has 0 spiro atoms. The summed E-state index contributed by atoms with van der Waals surface area (Å²) in [6.45, 7) is 9.74. The zero-order chi connectivity index (χ0) is 35.0. The fourth-order valence-electron chi connectivity index (χ4n) is 7.33. The second-order valence-electron chi connectivity index (χ2n) is 13.7. The summed E-state index contributed by atoms with van der Waals surface area (Å²) in [5.41, 5.74) is 6.15. The standard InChI is InChI=1S/C37H41FN8O4/c1-37(2,44-17-15-42(16-18-44)27-23-49-24-27)20-25(21-39)35(47)43-14-6-7-26(22-43)45-32-12-13-41-34(40)33(32)46(36(45)48)31-11-10-29(19-30(31)38)50-28-8-4-3-5-9-28/h3-5,8-13,19-20,26-27H,6-7,14-18,22-24H2,1-2H3,(H2,40,41). The molecule has 12 nitrogen and oxygen atoms in total. The highest BCUT2D eigenvalue weighted by Crippen LogP contribution is 2.32. The maximum Gasteiger partial charge on any atom is 0.334 e. The molecule has 1 unspecified atom stereocenters. The van der Waals surface area contributed by atoms with Crippen LogP contribution in [0.5, 0.6) is 11.5 Å². The molecule has 7 rings (SSSR count). The number of hydrogen-bond acceptors (Lipinski definition) is 9. The number of benzene rings is 2. The molecule has 2 N–H and O–H groups in total. The smallest absolute Gasteiger partial charge is 0.334 e. The molecule has 50 heavy (non-hydrogen) atoms. The molecule has 1 amide bonds. The van der Waals surface area contributed by atoms with Crippen molar-refractivity contribution in [1.82, 2.24) is 28.8 Å². The number of rotatable bonds is 8. The maximum atomic E-state index is 15.8. The minimum absolute atomic E-state index is 0.00129. The average molecular weight is 681 g/mol. The number of pyridine rings is 1. The first kappa shape index (κ1) is 33.5. The molecule has 13 heteroatoms. The number of hydrogen-bond donors (Lipinski definition) is 1. The van der Waals surface area contributed by atoms with Crippen LogP contribution in [0.3, 0.4) is 0 Å². The molecule has 2 aromatic carbocycles. The van der Waals surface area contributed by atoms with Crippen LogP contribution in [0.2, 0.25) is 0 Å². The van der Waals surface area contributed by atoms with Crippen LogP contribution in [0.1, 0.15) is 32.7 Å². The predicted molar refractivity (Wildman–Crippen MR) is 187 cm³/mol. The summed E-state index contributed by atoms with van der Waals surface area (Å²) < 4.78 is 29.7. The van der Waals surface area contributed by atoms with Crippen LogP contribution < -0.4 is 16.2 Å². The number of piperidine rings is 1. The fraction of sp³-hybridized carbons (Fsp3) is 0.405. The van der Waals surface area contributed by atoms with Crippen LogP contribution in [0.25, 0.3) is 16.7 Å². The monoisotopic (exact) mass is 680 g/mol. The van der Waals surface area contributed by atoms with Gasteiger partial charge in [-0.1, -0.05) is 18.2 Å². The molecule has 1 atom stereocenters. The summed E-state index contributed by atoms with van der Waals surface area (Å²) in [4.78, 5) is 38.7. The SMILES string of the molecule is CC(C)(C=C(C#N)C(=O)N1CCCC(n2c(=O)n(-c3ccc(Oc4ccccc4)cc3F)c3c(N)nccc32)C1)N1CCN(C2COC2)CC1. The van der Waals surface area contributed by atoms with Gasteiger partial charge in [0.05, 0.1) is 36.5 Å². The molecule has 5 heterocycles. The predicted octanol–water partition coefficient (Wildman–Crippen LogP) is 4.11. The normalized spacial score (nSPS) is 19.7. The molecular formula is C37H41FN8O4. The first-order chi connectivity index (χ1) is 24.1. The number of carbonyl (C=O) groups excluding carboxylic acids is 1. The Morgan fingerprint density at radius 2 is 1.82 bits per heavy atom. The van der Waals surface area contributed by atoms with Crippen molar-refractivity contribution in [3.05, 3.63) is 88.7 Å². The number of halogens is 1. The summed E-state index contributed by atoms with van der Waals surface area (Å²) in [6, 6.07) is 17.2. The number of nitrogens with two attached hydrogens (primary N) is 1. The van der Waals surface area contributed by atoms with Crippen LogP contribution in [0.4, 0.5) is 10.2 Å². The van der Waals surface area contributed by atoms with E-state index in [0.29, 0.717) is 36.7 Å². The van der Waals surface area contributed by atoms with Gasteiger partial charge in [-0.25, -0.2) is 14.2 Å². The van der Waals surface area contributed by atoms with Gasteiger partial charge in [-0.2, -0.15) is 5.26 Å². The number of amides is 1. The number of anilines is 1. The Bertz CT molecular complexity index is 2020. The Labute approximate surface area is 289 Å². The van der Waals surface area contributed by atoms with E-state index in [1.165, 1.54) is 22.9 Å². The van der Waals surface area contributed by atoms with Crippen LogP contribution in [0, 0.1) is 17.1 Å². The van der Waals surface area contributed by atoms with Crippen LogP contribution in [-0.4, -0.2) is 98.8 Å². The van der Waals surface area contributed by atoms with E-state index in [2.05, 4.69) is 20.9 Å². The molecular weight excluding hydrogens is 639 g/mol. The minimum atomic E-state index is -0.673. The van der Waals surface area contributed by atoms with Gasteiger partial charge in [-0.3, -0.25) is 23.7 Å². The lowest BCUT2D eigenvalue weighted by atomic mass is 9.96. The van der Waals surface area contributed by atoms with E-state index in [4.69, 9.17) is 15.2 Å². The van der Waals surface area contributed by atoms with Crippen molar-refractivity contribution in [3.63, 3.8) is 0 Å². The van der Waals surface area contributed by atoms with Gasteiger partial charge in [0.15, 0.2) is 5.82 Å². The minimum Gasteiger partial charge on any atom is -0.457 e. The van der Waals surface area contributed by atoms with Gasteiger partial charge in [0.2, 0.25) is 0 Å². The number of para-hydroxylation sites is 1. The number of likely N-dealkylation sites (tertiary alicyclic amines) is 1. The summed E-state index contributed by atoms with van der Waals surface area (Å²) in [6.07, 6.45) is 4.50. The molecule has 0 saturated carbocycles. The van der Waals surface area contributed by atoms with Gasteiger partial charge < -0.3 is 20.1 Å². The molecule has 3 aliphatic rings. The molecule has 4 aromatic rings. The summed E-state index contributed by atoms with van der Waals surface area (Å²) in [5, 5.41) is 10.2. The van der Waals surface area contributed by atoms with E-state index in [1.807, 2.05) is 32.0 Å². The Balaban J connectivity index is 1.14. The van der Waals surface area contributed by atoms with E-state index in [9.17, 15) is 14.9 Å². The number of piperazine rings is 1. The van der Waals surface area contributed by atoms with Crippen molar-refractivity contribution in [1.29, 1.82) is 5.26 Å². The molecule has 3 fully saturated rings. The van der Waals surface area contributed by atoms with E-state index in [0.717, 1.165) is 39.4 Å². The highest BCUT2D eigenvalue weighted by molar-refractivity contribution is 5.97. The Morgan fingerprint density at radius 3 is 2.50 bits per heavy atom. The fourth-order valence-corrected chi connectivity index (χ4v) is 7.33. The lowest BCUT2D eigenvalue weighted by Crippen LogP contribution is -2.59. The second kappa shape index (κ2) is 13.7. The van der Waals surface area contributed by atoms with Gasteiger partial charge in [0.25, 0.3) is 5.91 Å². The van der Waals surface area contributed by atoms with Gasteiger partial charge in [-0.05, 0) is 63.1 Å². The van der Waals surface area contributed by atoms with E-state index < -0.39 is 23.1 Å². The molecule has 3 saturated heterocycles. The van der Waals surface area contributed by atoms with Crippen molar-refractivity contribution in [2.75, 3.05) is 58.2 Å². The third-order valence-corrected chi connectivity index (χ3v) is 10.1. The third-order valence-electron chi connectivity index (χ3n) is 10.1. The summed E-state index contributed by atoms with van der Waals surface area (Å²) >= 11 is 0. The summed E-state index contributed by atoms with van der Waals surface area (Å²) in [7, 11) is 0. The maximum absolute atomic E-state index is 15.8. The Hall–Kier alpha value is -5.03. The quantitative estimate of drug-likeness (QED) is 0.216. The molecule has 3 aliphatic heterocycles. The Kier molecular flexibility index (Phi) is 9.17. The zero-order valence-corrected chi connectivity index (χ0v) is 28.3. The zero-order valence-electron chi connectivity index (χ0n) is 28.3. The molecule has 260 valence electrons. The van der Waals surface area contributed by atoms with Crippen molar-refractivity contribution >= 4 is 22.8 Å². The number of imidazole rings is 1.